The molecule has 94 valence electrons. The molecule has 5 heteroatoms. The van der Waals surface area contributed by atoms with Crippen molar-refractivity contribution < 1.29 is 9.53 Å². The lowest BCUT2D eigenvalue weighted by atomic mass is 10.2. The topological polar surface area (TPSA) is 77.2 Å². The zero-order chi connectivity index (χ0) is 12.5. The third-order valence-corrected chi connectivity index (χ3v) is 2.27. The molecule has 0 fully saturated rings. The number of unbranched alkanes of at least 4 members (excludes halogenated alkanes) is 1. The lowest BCUT2D eigenvalue weighted by Gasteiger charge is -2.04. The van der Waals surface area contributed by atoms with Gasteiger partial charge in [-0.25, -0.2) is 4.79 Å². The van der Waals surface area contributed by atoms with Crippen molar-refractivity contribution in [1.82, 2.24) is 10.3 Å². The summed E-state index contributed by atoms with van der Waals surface area (Å²) in [5.74, 6) is 0. The van der Waals surface area contributed by atoms with Gasteiger partial charge in [0.1, 0.15) is 0 Å². The first kappa shape index (κ1) is 13.4. The number of pyridine rings is 1. The lowest BCUT2D eigenvalue weighted by molar-refractivity contribution is 0.154. The minimum absolute atomic E-state index is 0.389. The predicted molar refractivity (Wildman–Crippen MR) is 65.5 cm³/mol. The first-order valence-electron chi connectivity index (χ1n) is 5.73. The highest BCUT2D eigenvalue weighted by Gasteiger charge is 1.95. The van der Waals surface area contributed by atoms with Crippen LogP contribution in [-0.4, -0.2) is 24.2 Å². The fourth-order valence-electron chi connectivity index (χ4n) is 1.34. The van der Waals surface area contributed by atoms with Crippen LogP contribution in [-0.2, 0) is 11.3 Å². The van der Waals surface area contributed by atoms with Gasteiger partial charge < -0.3 is 15.8 Å². The van der Waals surface area contributed by atoms with Crippen molar-refractivity contribution in [3.8, 4) is 0 Å². The van der Waals surface area contributed by atoms with Crippen molar-refractivity contribution in [3.05, 3.63) is 29.6 Å². The Hall–Kier alpha value is -1.62. The van der Waals surface area contributed by atoms with Crippen molar-refractivity contribution in [2.75, 3.05) is 13.2 Å². The molecule has 0 unspecified atom stereocenters. The third-order valence-electron chi connectivity index (χ3n) is 2.27. The van der Waals surface area contributed by atoms with E-state index < -0.39 is 6.09 Å². The van der Waals surface area contributed by atoms with Gasteiger partial charge in [-0.3, -0.25) is 4.98 Å². The molecule has 3 N–H and O–H groups in total. The second-order valence-electron chi connectivity index (χ2n) is 3.88. The molecule has 0 saturated heterocycles. The van der Waals surface area contributed by atoms with Gasteiger partial charge >= 0.3 is 6.09 Å². The smallest absolute Gasteiger partial charge is 0.404 e. The van der Waals surface area contributed by atoms with Crippen LogP contribution in [0.2, 0.25) is 0 Å². The second kappa shape index (κ2) is 7.62. The number of aromatic nitrogens is 1. The second-order valence-corrected chi connectivity index (χ2v) is 3.88. The molecule has 0 radical (unpaired) electrons. The average molecular weight is 237 g/mol. The number of carbonyl (C=O) groups is 1. The van der Waals surface area contributed by atoms with Crippen LogP contribution in [0.5, 0.6) is 0 Å². The molecule has 1 aromatic heterocycles. The number of hydrogen-bond acceptors (Lipinski definition) is 4. The summed E-state index contributed by atoms with van der Waals surface area (Å²) in [5, 5.41) is 3.28. The molecule has 17 heavy (non-hydrogen) atoms. The molecule has 1 amide bonds. The molecule has 1 rings (SSSR count). The largest absolute Gasteiger partial charge is 0.450 e. The summed E-state index contributed by atoms with van der Waals surface area (Å²) >= 11 is 0. The number of amides is 1. The SMILES string of the molecule is Cc1ccc(CNCCCCOC(N)=O)nc1. The fraction of sp³-hybridized carbons (Fsp3) is 0.500. The van der Waals surface area contributed by atoms with Gasteiger partial charge in [-0.1, -0.05) is 6.07 Å². The van der Waals surface area contributed by atoms with Crippen LogP contribution >= 0.6 is 0 Å². The monoisotopic (exact) mass is 237 g/mol. The van der Waals surface area contributed by atoms with E-state index in [1.807, 2.05) is 25.3 Å². The predicted octanol–water partition coefficient (Wildman–Crippen LogP) is 1.36. The normalized spacial score (nSPS) is 10.2. The molecule has 1 aromatic rings. The summed E-state index contributed by atoms with van der Waals surface area (Å²) in [7, 11) is 0. The molecule has 0 aliphatic carbocycles. The van der Waals surface area contributed by atoms with E-state index in [-0.39, 0.29) is 0 Å². The minimum Gasteiger partial charge on any atom is -0.450 e. The van der Waals surface area contributed by atoms with Gasteiger partial charge in [0.25, 0.3) is 0 Å². The molecular weight excluding hydrogens is 218 g/mol. The Balaban J connectivity index is 2.01. The van der Waals surface area contributed by atoms with Crippen molar-refractivity contribution >= 4 is 6.09 Å². The third kappa shape index (κ3) is 6.52. The molecule has 5 nitrogen and oxygen atoms in total. The standard InChI is InChI=1S/C12H19N3O2/c1-10-4-5-11(15-8-10)9-14-6-2-3-7-17-12(13)16/h4-5,8,14H,2-3,6-7,9H2,1H3,(H2,13,16). The number of carbonyl (C=O) groups excluding carboxylic acids is 1. The summed E-state index contributed by atoms with van der Waals surface area (Å²) in [6, 6.07) is 4.06. The van der Waals surface area contributed by atoms with Crippen molar-refractivity contribution in [1.29, 1.82) is 0 Å². The lowest BCUT2D eigenvalue weighted by Crippen LogP contribution is -2.17. The van der Waals surface area contributed by atoms with Crippen molar-refractivity contribution in [3.63, 3.8) is 0 Å². The first-order valence-corrected chi connectivity index (χ1v) is 5.73. The number of hydrogen-bond donors (Lipinski definition) is 2. The Kier molecular flexibility index (Phi) is 6.03. The highest BCUT2D eigenvalue weighted by molar-refractivity contribution is 5.64. The zero-order valence-corrected chi connectivity index (χ0v) is 10.1. The highest BCUT2D eigenvalue weighted by atomic mass is 16.5. The summed E-state index contributed by atoms with van der Waals surface area (Å²) in [4.78, 5) is 14.6. The van der Waals surface area contributed by atoms with E-state index in [4.69, 9.17) is 5.73 Å². The maximum atomic E-state index is 10.3. The zero-order valence-electron chi connectivity index (χ0n) is 10.1. The van der Waals surface area contributed by atoms with Crippen LogP contribution in [0.4, 0.5) is 4.79 Å². The van der Waals surface area contributed by atoms with Gasteiger partial charge in [0, 0.05) is 12.7 Å². The summed E-state index contributed by atoms with van der Waals surface area (Å²) < 4.78 is 4.62. The molecular formula is C12H19N3O2. The first-order chi connectivity index (χ1) is 8.18. The maximum Gasteiger partial charge on any atom is 0.404 e. The van der Waals surface area contributed by atoms with Crippen LogP contribution in [0, 0.1) is 6.92 Å². The van der Waals surface area contributed by atoms with E-state index in [0.29, 0.717) is 6.61 Å². The molecule has 0 spiro atoms. The van der Waals surface area contributed by atoms with E-state index >= 15 is 0 Å². The molecule has 0 atom stereocenters. The van der Waals surface area contributed by atoms with E-state index in [1.165, 1.54) is 0 Å². The summed E-state index contributed by atoms with van der Waals surface area (Å²) in [6.07, 6.45) is 2.91. The average Bonchev–Trinajstić information content (AvgIpc) is 2.30. The van der Waals surface area contributed by atoms with Gasteiger partial charge in [0.2, 0.25) is 0 Å². The molecule has 0 aliphatic heterocycles. The fourth-order valence-corrected chi connectivity index (χ4v) is 1.34. The Morgan fingerprint density at radius 1 is 1.47 bits per heavy atom. The van der Waals surface area contributed by atoms with Crippen LogP contribution in [0.1, 0.15) is 24.1 Å². The number of ether oxygens (including phenoxy) is 1. The molecule has 0 aliphatic rings. The van der Waals surface area contributed by atoms with E-state index in [1.54, 1.807) is 0 Å². The minimum atomic E-state index is -0.707. The number of aryl methyl sites for hydroxylation is 1. The van der Waals surface area contributed by atoms with Gasteiger partial charge in [0.15, 0.2) is 0 Å². The van der Waals surface area contributed by atoms with Gasteiger partial charge in [-0.15, -0.1) is 0 Å². The molecule has 0 saturated carbocycles. The van der Waals surface area contributed by atoms with Crippen LogP contribution in [0.25, 0.3) is 0 Å². The number of nitrogens with two attached hydrogens (primary N) is 1. The van der Waals surface area contributed by atoms with Crippen molar-refractivity contribution in [2.45, 2.75) is 26.3 Å². The van der Waals surface area contributed by atoms with Crippen LogP contribution in [0.3, 0.4) is 0 Å². The highest BCUT2D eigenvalue weighted by Crippen LogP contribution is 1.98. The van der Waals surface area contributed by atoms with E-state index in [0.717, 1.165) is 37.2 Å². The Morgan fingerprint density at radius 3 is 2.94 bits per heavy atom. The van der Waals surface area contributed by atoms with E-state index in [9.17, 15) is 4.79 Å². The quantitative estimate of drug-likeness (QED) is 0.702. The van der Waals surface area contributed by atoms with Gasteiger partial charge in [-0.05, 0) is 37.9 Å². The van der Waals surface area contributed by atoms with Crippen LogP contribution in [0.15, 0.2) is 18.3 Å². The molecule has 1 heterocycles. The number of rotatable bonds is 7. The van der Waals surface area contributed by atoms with Gasteiger partial charge in [-0.2, -0.15) is 0 Å². The number of nitrogens with one attached hydrogen (secondary N) is 1. The van der Waals surface area contributed by atoms with Crippen molar-refractivity contribution in [2.24, 2.45) is 5.73 Å². The van der Waals surface area contributed by atoms with Gasteiger partial charge in [0.05, 0.1) is 12.3 Å². The Morgan fingerprint density at radius 2 is 2.29 bits per heavy atom. The summed E-state index contributed by atoms with van der Waals surface area (Å²) in [6.45, 7) is 4.04. The summed E-state index contributed by atoms with van der Waals surface area (Å²) in [5.41, 5.74) is 7.03. The molecule has 0 aromatic carbocycles. The Bertz CT molecular complexity index is 338. The molecule has 0 bridgehead atoms. The Labute approximate surface area is 101 Å². The number of nitrogens with zero attached hydrogens (tertiary/aromatic N) is 1. The number of primary amides is 1. The maximum absolute atomic E-state index is 10.3. The van der Waals surface area contributed by atoms with E-state index in [2.05, 4.69) is 15.0 Å². The van der Waals surface area contributed by atoms with Crippen LogP contribution < -0.4 is 11.1 Å².